The summed E-state index contributed by atoms with van der Waals surface area (Å²) in [4.78, 5) is 23.1. The van der Waals surface area contributed by atoms with Crippen molar-refractivity contribution in [2.75, 3.05) is 0 Å². The van der Waals surface area contributed by atoms with Gasteiger partial charge in [-0.15, -0.1) is 0 Å². The molecule has 1 unspecified atom stereocenters. The van der Waals surface area contributed by atoms with Gasteiger partial charge >= 0.3 is 11.9 Å². The van der Waals surface area contributed by atoms with E-state index in [1.807, 2.05) is 0 Å². The third-order valence-corrected chi connectivity index (χ3v) is 3.57. The quantitative estimate of drug-likeness (QED) is 0.492. The van der Waals surface area contributed by atoms with Gasteiger partial charge < -0.3 is 9.84 Å². The molecule has 0 bridgehead atoms. The van der Waals surface area contributed by atoms with Crippen LogP contribution >= 0.6 is 0 Å². The van der Waals surface area contributed by atoms with Crippen LogP contribution in [0.2, 0.25) is 0 Å². The van der Waals surface area contributed by atoms with E-state index in [2.05, 4.69) is 18.6 Å². The number of rotatable bonds is 6. The van der Waals surface area contributed by atoms with Crippen molar-refractivity contribution in [1.29, 1.82) is 0 Å². The molecule has 1 aromatic rings. The minimum absolute atomic E-state index is 0.230. The van der Waals surface area contributed by atoms with Gasteiger partial charge in [-0.1, -0.05) is 45.2 Å². The predicted molar refractivity (Wildman–Crippen MR) is 74.5 cm³/mol. The molecule has 1 atom stereocenters. The van der Waals surface area contributed by atoms with Crippen LogP contribution in [0.4, 0.5) is 0 Å². The van der Waals surface area contributed by atoms with Crippen molar-refractivity contribution < 1.29 is 19.4 Å². The third-order valence-electron chi connectivity index (χ3n) is 3.57. The molecule has 0 amide bonds. The Morgan fingerprint density at radius 3 is 2.50 bits per heavy atom. The topological polar surface area (TPSA) is 63.6 Å². The number of fused-ring (bicyclic) bond motifs is 1. The van der Waals surface area contributed by atoms with E-state index in [4.69, 9.17) is 0 Å². The standard InChI is InChI=1S/C16H20O4/c1-10(2)6-3-4-9-13(17)11-7-5-8-12-14(11)16(19)20-15(12)18/h5,7-8,10,13,17H,3-4,6,9H2,1-2H3. The SMILES string of the molecule is CC(C)CCCCC(O)c1cccc2c1C(=O)OC2=O. The largest absolute Gasteiger partial charge is 0.388 e. The molecule has 0 saturated heterocycles. The highest BCUT2D eigenvalue weighted by molar-refractivity contribution is 6.15. The maximum atomic E-state index is 11.7. The second-order valence-corrected chi connectivity index (χ2v) is 5.64. The van der Waals surface area contributed by atoms with Gasteiger partial charge in [0, 0.05) is 0 Å². The maximum absolute atomic E-state index is 11.7. The molecule has 2 rings (SSSR count). The van der Waals surface area contributed by atoms with Crippen LogP contribution in [0.15, 0.2) is 18.2 Å². The van der Waals surface area contributed by atoms with E-state index in [9.17, 15) is 14.7 Å². The lowest BCUT2D eigenvalue weighted by Gasteiger charge is -2.13. The lowest BCUT2D eigenvalue weighted by molar-refractivity contribution is 0.0441. The van der Waals surface area contributed by atoms with Crippen molar-refractivity contribution in [3.05, 3.63) is 34.9 Å². The van der Waals surface area contributed by atoms with E-state index in [0.717, 1.165) is 19.3 Å². The first-order valence-electron chi connectivity index (χ1n) is 7.08. The second-order valence-electron chi connectivity index (χ2n) is 5.64. The molecule has 0 spiro atoms. The molecule has 1 aliphatic rings. The van der Waals surface area contributed by atoms with E-state index in [0.29, 0.717) is 17.9 Å². The molecule has 0 saturated carbocycles. The van der Waals surface area contributed by atoms with Crippen LogP contribution < -0.4 is 0 Å². The van der Waals surface area contributed by atoms with Crippen LogP contribution in [-0.2, 0) is 4.74 Å². The van der Waals surface area contributed by atoms with Crippen molar-refractivity contribution >= 4 is 11.9 Å². The zero-order valence-corrected chi connectivity index (χ0v) is 11.9. The molecule has 0 aliphatic carbocycles. The Morgan fingerprint density at radius 2 is 1.80 bits per heavy atom. The predicted octanol–water partition coefficient (Wildman–Crippen LogP) is 3.25. The number of aliphatic hydroxyl groups is 1. The smallest absolute Gasteiger partial charge is 0.347 e. The fraction of sp³-hybridized carbons (Fsp3) is 0.500. The van der Waals surface area contributed by atoms with E-state index >= 15 is 0 Å². The average Bonchev–Trinajstić information content (AvgIpc) is 2.70. The van der Waals surface area contributed by atoms with Gasteiger partial charge in [0.1, 0.15) is 0 Å². The number of hydrogen-bond donors (Lipinski definition) is 1. The number of unbranched alkanes of at least 4 members (excludes halogenated alkanes) is 1. The summed E-state index contributed by atoms with van der Waals surface area (Å²) in [7, 11) is 0. The third kappa shape index (κ3) is 3.07. The summed E-state index contributed by atoms with van der Waals surface area (Å²) < 4.78 is 4.59. The van der Waals surface area contributed by atoms with Crippen molar-refractivity contribution in [3.63, 3.8) is 0 Å². The normalized spacial score (nSPS) is 15.4. The number of carbonyl (C=O) groups excluding carboxylic acids is 2. The number of benzene rings is 1. The molecule has 0 aromatic heterocycles. The van der Waals surface area contributed by atoms with Gasteiger partial charge in [-0.2, -0.15) is 0 Å². The number of aliphatic hydroxyl groups excluding tert-OH is 1. The van der Waals surface area contributed by atoms with Gasteiger partial charge in [0.2, 0.25) is 0 Å². The lowest BCUT2D eigenvalue weighted by Crippen LogP contribution is -2.06. The van der Waals surface area contributed by atoms with Crippen LogP contribution in [0.3, 0.4) is 0 Å². The molecule has 108 valence electrons. The highest BCUT2D eigenvalue weighted by Crippen LogP contribution is 2.30. The van der Waals surface area contributed by atoms with Gasteiger partial charge in [-0.25, -0.2) is 9.59 Å². The Bertz CT molecular complexity index is 519. The Morgan fingerprint density at radius 1 is 1.10 bits per heavy atom. The molecule has 0 radical (unpaired) electrons. The minimum atomic E-state index is -0.726. The van der Waals surface area contributed by atoms with E-state index in [1.54, 1.807) is 18.2 Å². The zero-order chi connectivity index (χ0) is 14.7. The highest BCUT2D eigenvalue weighted by Gasteiger charge is 2.33. The summed E-state index contributed by atoms with van der Waals surface area (Å²) in [5.41, 5.74) is 0.991. The van der Waals surface area contributed by atoms with Crippen molar-refractivity contribution in [3.8, 4) is 0 Å². The molecule has 20 heavy (non-hydrogen) atoms. The Balaban J connectivity index is 2.06. The summed E-state index contributed by atoms with van der Waals surface area (Å²) in [6, 6.07) is 4.91. The molecule has 1 N–H and O–H groups in total. The summed E-state index contributed by atoms with van der Waals surface area (Å²) in [5.74, 6) is -0.624. The second kappa shape index (κ2) is 6.18. The zero-order valence-electron chi connectivity index (χ0n) is 11.9. The summed E-state index contributed by atoms with van der Waals surface area (Å²) in [5, 5.41) is 10.2. The summed E-state index contributed by atoms with van der Waals surface area (Å²) in [6.45, 7) is 4.34. The van der Waals surface area contributed by atoms with Crippen molar-refractivity contribution in [1.82, 2.24) is 0 Å². The highest BCUT2D eigenvalue weighted by atomic mass is 16.6. The molecular weight excluding hydrogens is 256 g/mol. The molecule has 4 nitrogen and oxygen atoms in total. The number of cyclic esters (lactones) is 2. The van der Waals surface area contributed by atoms with E-state index < -0.39 is 18.0 Å². The summed E-state index contributed by atoms with van der Waals surface area (Å²) in [6.07, 6.45) is 2.93. The van der Waals surface area contributed by atoms with Gasteiger partial charge in [-0.3, -0.25) is 0 Å². The van der Waals surface area contributed by atoms with Gasteiger partial charge in [0.15, 0.2) is 0 Å². The molecule has 1 heterocycles. The van der Waals surface area contributed by atoms with Gasteiger partial charge in [0.25, 0.3) is 0 Å². The van der Waals surface area contributed by atoms with Crippen LogP contribution in [0.5, 0.6) is 0 Å². The Kier molecular flexibility index (Phi) is 4.55. The van der Waals surface area contributed by atoms with E-state index in [-0.39, 0.29) is 11.1 Å². The average molecular weight is 276 g/mol. The molecule has 4 heteroatoms. The first kappa shape index (κ1) is 14.7. The fourth-order valence-corrected chi connectivity index (χ4v) is 2.48. The monoisotopic (exact) mass is 276 g/mol. The maximum Gasteiger partial charge on any atom is 0.347 e. The fourth-order valence-electron chi connectivity index (χ4n) is 2.48. The van der Waals surface area contributed by atoms with Crippen LogP contribution in [0.25, 0.3) is 0 Å². The van der Waals surface area contributed by atoms with Crippen LogP contribution in [0.1, 0.15) is 71.9 Å². The Labute approximate surface area is 118 Å². The van der Waals surface area contributed by atoms with Crippen molar-refractivity contribution in [2.45, 2.75) is 45.6 Å². The number of hydrogen-bond acceptors (Lipinski definition) is 4. The molecule has 1 aliphatic heterocycles. The first-order valence-corrected chi connectivity index (χ1v) is 7.08. The number of ether oxygens (including phenoxy) is 1. The van der Waals surface area contributed by atoms with Gasteiger partial charge in [-0.05, 0) is 24.0 Å². The Hall–Kier alpha value is -1.68. The molecule has 1 aromatic carbocycles. The summed E-state index contributed by atoms with van der Waals surface area (Å²) >= 11 is 0. The molecular formula is C16H20O4. The van der Waals surface area contributed by atoms with E-state index in [1.165, 1.54) is 0 Å². The number of esters is 2. The van der Waals surface area contributed by atoms with Gasteiger partial charge in [0.05, 0.1) is 17.2 Å². The molecule has 0 fully saturated rings. The van der Waals surface area contributed by atoms with Crippen LogP contribution in [0, 0.1) is 5.92 Å². The van der Waals surface area contributed by atoms with Crippen molar-refractivity contribution in [2.24, 2.45) is 5.92 Å². The lowest BCUT2D eigenvalue weighted by atomic mass is 9.95. The minimum Gasteiger partial charge on any atom is -0.388 e. The first-order chi connectivity index (χ1) is 9.50. The number of carbonyl (C=O) groups is 2. The van der Waals surface area contributed by atoms with Crippen LogP contribution in [-0.4, -0.2) is 17.0 Å².